The van der Waals surface area contributed by atoms with E-state index in [4.69, 9.17) is 22.0 Å². The lowest BCUT2D eigenvalue weighted by atomic mass is 10.1. The van der Waals surface area contributed by atoms with E-state index < -0.39 is 10.0 Å². The van der Waals surface area contributed by atoms with Gasteiger partial charge in [0.2, 0.25) is 10.0 Å². The van der Waals surface area contributed by atoms with E-state index in [0.29, 0.717) is 16.4 Å². The van der Waals surface area contributed by atoms with Crippen molar-refractivity contribution in [3.8, 4) is 23.0 Å². The van der Waals surface area contributed by atoms with Gasteiger partial charge in [-0.15, -0.1) is 0 Å². The van der Waals surface area contributed by atoms with Crippen LogP contribution in [0.3, 0.4) is 0 Å². The maximum Gasteiger partial charge on any atom is 0.238 e. The van der Waals surface area contributed by atoms with E-state index in [1.165, 1.54) is 12.1 Å². The van der Waals surface area contributed by atoms with E-state index in [2.05, 4.69) is 5.10 Å². The predicted octanol–water partition coefficient (Wildman–Crippen LogP) is 2.71. The summed E-state index contributed by atoms with van der Waals surface area (Å²) < 4.78 is 24.3. The van der Waals surface area contributed by atoms with Crippen LogP contribution in [-0.4, -0.2) is 18.2 Å². The molecular formula is C16H11ClN4O2S. The third-order valence-electron chi connectivity index (χ3n) is 3.37. The SMILES string of the molecule is N#Cc1cc(-c2ccc(Cl)cc2)n(-c2ccc(S(N)(=O)=O)cc2)n1. The Morgan fingerprint density at radius 3 is 2.25 bits per heavy atom. The fourth-order valence-corrected chi connectivity index (χ4v) is 2.88. The van der Waals surface area contributed by atoms with Crippen LogP contribution in [0.4, 0.5) is 0 Å². The highest BCUT2D eigenvalue weighted by Gasteiger charge is 2.13. The lowest BCUT2D eigenvalue weighted by Crippen LogP contribution is -2.12. The molecule has 0 radical (unpaired) electrons. The molecule has 2 aromatic carbocycles. The second kappa shape index (κ2) is 6.09. The zero-order chi connectivity index (χ0) is 17.3. The van der Waals surface area contributed by atoms with Gasteiger partial charge in [-0.25, -0.2) is 18.2 Å². The van der Waals surface area contributed by atoms with E-state index in [9.17, 15) is 8.42 Å². The van der Waals surface area contributed by atoms with Crippen molar-refractivity contribution >= 4 is 21.6 Å². The predicted molar refractivity (Wildman–Crippen MR) is 90.1 cm³/mol. The molecule has 6 nitrogen and oxygen atoms in total. The monoisotopic (exact) mass is 358 g/mol. The summed E-state index contributed by atoms with van der Waals surface area (Å²) in [4.78, 5) is 0.00644. The molecule has 1 heterocycles. The molecule has 8 heteroatoms. The van der Waals surface area contributed by atoms with Gasteiger partial charge in [-0.1, -0.05) is 23.7 Å². The molecule has 0 atom stereocenters. The molecule has 0 aliphatic rings. The van der Waals surface area contributed by atoms with Gasteiger partial charge in [-0.2, -0.15) is 10.4 Å². The molecule has 0 aliphatic carbocycles. The first-order chi connectivity index (χ1) is 11.4. The van der Waals surface area contributed by atoms with Crippen LogP contribution < -0.4 is 5.14 Å². The lowest BCUT2D eigenvalue weighted by molar-refractivity contribution is 0.598. The number of aromatic nitrogens is 2. The number of nitriles is 1. The zero-order valence-corrected chi connectivity index (χ0v) is 13.8. The average Bonchev–Trinajstić information content (AvgIpc) is 2.99. The minimum absolute atomic E-state index is 0.00644. The highest BCUT2D eigenvalue weighted by molar-refractivity contribution is 7.89. The summed E-state index contributed by atoms with van der Waals surface area (Å²) in [6, 6.07) is 16.7. The van der Waals surface area contributed by atoms with Gasteiger partial charge in [0.15, 0.2) is 5.69 Å². The Hall–Kier alpha value is -2.66. The van der Waals surface area contributed by atoms with E-state index in [0.717, 1.165) is 5.56 Å². The van der Waals surface area contributed by atoms with E-state index in [-0.39, 0.29) is 10.6 Å². The van der Waals surface area contributed by atoms with Crippen molar-refractivity contribution in [2.75, 3.05) is 0 Å². The Balaban J connectivity index is 2.12. The minimum Gasteiger partial charge on any atom is -0.232 e. The number of benzene rings is 2. The summed E-state index contributed by atoms with van der Waals surface area (Å²) in [5.74, 6) is 0. The highest BCUT2D eigenvalue weighted by atomic mass is 35.5. The quantitative estimate of drug-likeness (QED) is 0.777. The number of primary sulfonamides is 1. The van der Waals surface area contributed by atoms with Crippen molar-refractivity contribution in [3.05, 3.63) is 65.3 Å². The van der Waals surface area contributed by atoms with Gasteiger partial charge in [-0.05, 0) is 36.4 Å². The summed E-state index contributed by atoms with van der Waals surface area (Å²) in [6.07, 6.45) is 0. The van der Waals surface area contributed by atoms with Gasteiger partial charge in [0.1, 0.15) is 6.07 Å². The molecule has 1 aromatic heterocycles. The maximum atomic E-state index is 11.4. The standard InChI is InChI=1S/C16H11ClN4O2S/c17-12-3-1-11(2-4-12)16-9-13(10-18)20-21(16)14-5-7-15(8-6-14)24(19,22)23/h1-9H,(H2,19,22,23). The first-order valence-electron chi connectivity index (χ1n) is 6.78. The van der Waals surface area contributed by atoms with Crippen LogP contribution in [0.2, 0.25) is 5.02 Å². The lowest BCUT2D eigenvalue weighted by Gasteiger charge is -2.08. The van der Waals surface area contributed by atoms with Gasteiger partial charge in [-0.3, -0.25) is 0 Å². The summed E-state index contributed by atoms with van der Waals surface area (Å²) in [7, 11) is -3.76. The second-order valence-electron chi connectivity index (χ2n) is 4.98. The third-order valence-corrected chi connectivity index (χ3v) is 4.55. The summed E-state index contributed by atoms with van der Waals surface area (Å²) in [5, 5.41) is 19.1. The normalized spacial score (nSPS) is 11.2. The molecular weight excluding hydrogens is 348 g/mol. The van der Waals surface area contributed by atoms with Crippen molar-refractivity contribution in [1.29, 1.82) is 5.26 Å². The van der Waals surface area contributed by atoms with Gasteiger partial charge >= 0.3 is 0 Å². The molecule has 0 spiro atoms. The van der Waals surface area contributed by atoms with Crippen molar-refractivity contribution < 1.29 is 8.42 Å². The molecule has 2 N–H and O–H groups in total. The van der Waals surface area contributed by atoms with Crippen LogP contribution in [0.15, 0.2) is 59.5 Å². The van der Waals surface area contributed by atoms with Crippen LogP contribution in [-0.2, 0) is 10.0 Å². The summed E-state index contributed by atoms with van der Waals surface area (Å²) in [6.45, 7) is 0. The maximum absolute atomic E-state index is 11.4. The molecule has 0 saturated heterocycles. The molecule has 0 unspecified atom stereocenters. The molecule has 0 bridgehead atoms. The Kier molecular flexibility index (Phi) is 4.11. The number of rotatable bonds is 3. The van der Waals surface area contributed by atoms with Crippen molar-refractivity contribution in [2.45, 2.75) is 4.90 Å². The van der Waals surface area contributed by atoms with Gasteiger partial charge in [0, 0.05) is 16.7 Å². The molecule has 3 rings (SSSR count). The smallest absolute Gasteiger partial charge is 0.232 e. The number of hydrogen-bond acceptors (Lipinski definition) is 4. The van der Waals surface area contributed by atoms with Crippen LogP contribution >= 0.6 is 11.6 Å². The van der Waals surface area contributed by atoms with Crippen molar-refractivity contribution in [1.82, 2.24) is 9.78 Å². The highest BCUT2D eigenvalue weighted by Crippen LogP contribution is 2.25. The summed E-state index contributed by atoms with van der Waals surface area (Å²) >= 11 is 5.91. The third kappa shape index (κ3) is 3.16. The number of nitrogens with two attached hydrogens (primary N) is 1. The van der Waals surface area contributed by atoms with Crippen LogP contribution in [0.1, 0.15) is 5.69 Å². The largest absolute Gasteiger partial charge is 0.238 e. The Morgan fingerprint density at radius 2 is 1.71 bits per heavy atom. The summed E-state index contributed by atoms with van der Waals surface area (Å²) in [5.41, 5.74) is 2.36. The van der Waals surface area contributed by atoms with Crippen LogP contribution in [0.25, 0.3) is 16.9 Å². The van der Waals surface area contributed by atoms with Crippen LogP contribution in [0, 0.1) is 11.3 Å². The minimum atomic E-state index is -3.76. The van der Waals surface area contributed by atoms with E-state index >= 15 is 0 Å². The first-order valence-corrected chi connectivity index (χ1v) is 8.70. The molecule has 24 heavy (non-hydrogen) atoms. The van der Waals surface area contributed by atoms with Gasteiger partial charge < -0.3 is 0 Å². The molecule has 0 amide bonds. The van der Waals surface area contributed by atoms with E-state index in [1.807, 2.05) is 18.2 Å². The Bertz CT molecular complexity index is 1030. The number of halogens is 1. The van der Waals surface area contributed by atoms with Crippen molar-refractivity contribution in [3.63, 3.8) is 0 Å². The fourth-order valence-electron chi connectivity index (χ4n) is 2.24. The molecule has 120 valence electrons. The van der Waals surface area contributed by atoms with Crippen LogP contribution in [0.5, 0.6) is 0 Å². The topological polar surface area (TPSA) is 102 Å². The van der Waals surface area contributed by atoms with Gasteiger partial charge in [0.05, 0.1) is 16.3 Å². The fraction of sp³-hybridized carbons (Fsp3) is 0. The molecule has 3 aromatic rings. The van der Waals surface area contributed by atoms with E-state index in [1.54, 1.807) is 35.0 Å². The molecule has 0 aliphatic heterocycles. The second-order valence-corrected chi connectivity index (χ2v) is 6.98. The zero-order valence-electron chi connectivity index (χ0n) is 12.2. The number of hydrogen-bond donors (Lipinski definition) is 1. The number of nitrogens with zero attached hydrogens (tertiary/aromatic N) is 3. The Labute approximate surface area is 143 Å². The molecule has 0 fully saturated rings. The van der Waals surface area contributed by atoms with Crippen molar-refractivity contribution in [2.24, 2.45) is 5.14 Å². The molecule has 0 saturated carbocycles. The average molecular weight is 359 g/mol. The van der Waals surface area contributed by atoms with Gasteiger partial charge in [0.25, 0.3) is 0 Å². The first kappa shape index (κ1) is 16.2. The number of sulfonamides is 1. The Morgan fingerprint density at radius 1 is 1.08 bits per heavy atom.